The van der Waals surface area contributed by atoms with Gasteiger partial charge >= 0.3 is 12.4 Å². The number of rotatable bonds is 5. The zero-order valence-corrected chi connectivity index (χ0v) is 18.3. The molecule has 0 spiro atoms. The Balaban J connectivity index is 2.11. The third-order valence-electron chi connectivity index (χ3n) is 5.79. The molecule has 1 aromatic heterocycles. The second-order valence-corrected chi connectivity index (χ2v) is 8.19. The number of amides is 1. The molecular weight excluding hydrogens is 452 g/mol. The maximum atomic E-state index is 13.5. The summed E-state index contributed by atoms with van der Waals surface area (Å²) >= 11 is 0. The molecule has 2 heterocycles. The number of piperidine rings is 1. The van der Waals surface area contributed by atoms with E-state index < -0.39 is 41.0 Å². The Morgan fingerprint density at radius 2 is 1.55 bits per heavy atom. The molecule has 182 valence electrons. The SMILES string of the molecule is CCC1CC(N(C(=O)c2cc(C(F)(F)F)cc(C(F)(F)F)c2)c2ncn(C)n2)CC(CC)N1. The smallest absolute Gasteiger partial charge is 0.311 e. The summed E-state index contributed by atoms with van der Waals surface area (Å²) in [5.74, 6) is -1.07. The number of nitrogens with one attached hydrogen (secondary N) is 1. The summed E-state index contributed by atoms with van der Waals surface area (Å²) in [7, 11) is 1.55. The van der Waals surface area contributed by atoms with Gasteiger partial charge in [-0.2, -0.15) is 26.3 Å². The van der Waals surface area contributed by atoms with E-state index in [-0.39, 0.29) is 24.1 Å². The summed E-state index contributed by atoms with van der Waals surface area (Å²) in [6.07, 6.45) is -6.39. The van der Waals surface area contributed by atoms with Gasteiger partial charge in [0.2, 0.25) is 0 Å². The van der Waals surface area contributed by atoms with E-state index in [1.165, 1.54) is 11.0 Å². The van der Waals surface area contributed by atoms with Crippen LogP contribution in [0.2, 0.25) is 0 Å². The van der Waals surface area contributed by atoms with Crippen LogP contribution < -0.4 is 10.2 Å². The predicted molar refractivity (Wildman–Crippen MR) is 109 cm³/mol. The van der Waals surface area contributed by atoms with Crippen molar-refractivity contribution < 1.29 is 31.1 Å². The fourth-order valence-electron chi connectivity index (χ4n) is 4.08. The molecule has 33 heavy (non-hydrogen) atoms. The van der Waals surface area contributed by atoms with Crippen molar-refractivity contribution in [2.75, 3.05) is 4.90 Å². The Bertz CT molecular complexity index is 942. The number of hydrogen-bond donors (Lipinski definition) is 1. The Kier molecular flexibility index (Phi) is 7.06. The van der Waals surface area contributed by atoms with Crippen LogP contribution in [0.4, 0.5) is 32.3 Å². The Morgan fingerprint density at radius 3 is 1.94 bits per heavy atom. The number of aromatic nitrogens is 3. The van der Waals surface area contributed by atoms with Gasteiger partial charge in [0.15, 0.2) is 0 Å². The molecule has 12 heteroatoms. The van der Waals surface area contributed by atoms with E-state index in [1.54, 1.807) is 7.05 Å². The van der Waals surface area contributed by atoms with Crippen LogP contribution in [0.15, 0.2) is 24.5 Å². The van der Waals surface area contributed by atoms with Crippen LogP contribution in [0.5, 0.6) is 0 Å². The van der Waals surface area contributed by atoms with Crippen molar-refractivity contribution in [3.8, 4) is 0 Å². The molecule has 2 atom stereocenters. The van der Waals surface area contributed by atoms with E-state index in [0.717, 1.165) is 17.7 Å². The first-order valence-corrected chi connectivity index (χ1v) is 10.6. The predicted octanol–water partition coefficient (Wildman–Crippen LogP) is 4.81. The molecule has 0 radical (unpaired) electrons. The number of alkyl halides is 6. The third kappa shape index (κ3) is 5.66. The maximum Gasteiger partial charge on any atom is 0.416 e. The lowest BCUT2D eigenvalue weighted by atomic mass is 9.89. The number of nitrogens with zero attached hydrogens (tertiary/aromatic N) is 4. The molecule has 0 saturated carbocycles. The first kappa shape index (κ1) is 25.0. The third-order valence-corrected chi connectivity index (χ3v) is 5.79. The highest BCUT2D eigenvalue weighted by atomic mass is 19.4. The molecule has 1 aromatic carbocycles. The monoisotopic (exact) mass is 477 g/mol. The van der Waals surface area contributed by atoms with E-state index in [2.05, 4.69) is 15.4 Å². The van der Waals surface area contributed by atoms with Gasteiger partial charge in [0.25, 0.3) is 11.9 Å². The second kappa shape index (κ2) is 9.32. The van der Waals surface area contributed by atoms with Crippen LogP contribution in [0.3, 0.4) is 0 Å². The van der Waals surface area contributed by atoms with E-state index in [1.807, 2.05) is 13.8 Å². The van der Waals surface area contributed by atoms with Crippen molar-refractivity contribution in [1.82, 2.24) is 20.1 Å². The molecule has 1 saturated heterocycles. The van der Waals surface area contributed by atoms with Gasteiger partial charge in [0.05, 0.1) is 11.1 Å². The van der Waals surface area contributed by atoms with Gasteiger partial charge in [-0.05, 0) is 43.9 Å². The number of anilines is 1. The molecule has 1 N–H and O–H groups in total. The number of hydrogen-bond acceptors (Lipinski definition) is 4. The minimum absolute atomic E-state index is 0.00486. The largest absolute Gasteiger partial charge is 0.416 e. The summed E-state index contributed by atoms with van der Waals surface area (Å²) in [5, 5.41) is 7.57. The summed E-state index contributed by atoms with van der Waals surface area (Å²) in [6, 6.07) is 0.455. The first-order chi connectivity index (χ1) is 15.3. The molecule has 6 nitrogen and oxygen atoms in total. The second-order valence-electron chi connectivity index (χ2n) is 8.19. The van der Waals surface area contributed by atoms with Crippen LogP contribution in [-0.4, -0.2) is 38.8 Å². The molecule has 3 rings (SSSR count). The van der Waals surface area contributed by atoms with Crippen LogP contribution in [0.25, 0.3) is 0 Å². The minimum Gasteiger partial charge on any atom is -0.311 e. The maximum absolute atomic E-state index is 13.5. The molecule has 2 unspecified atom stereocenters. The quantitative estimate of drug-likeness (QED) is 0.628. The minimum atomic E-state index is -5.06. The van der Waals surface area contributed by atoms with Gasteiger partial charge in [-0.1, -0.05) is 13.8 Å². The molecule has 1 aliphatic heterocycles. The number of halogens is 6. The molecule has 1 amide bonds. The van der Waals surface area contributed by atoms with Crippen molar-refractivity contribution in [2.24, 2.45) is 7.05 Å². The van der Waals surface area contributed by atoms with E-state index in [0.29, 0.717) is 25.0 Å². The van der Waals surface area contributed by atoms with E-state index >= 15 is 0 Å². The highest BCUT2D eigenvalue weighted by molar-refractivity contribution is 6.05. The van der Waals surface area contributed by atoms with Gasteiger partial charge < -0.3 is 5.32 Å². The highest BCUT2D eigenvalue weighted by Gasteiger charge is 2.40. The Labute approximate surface area is 187 Å². The number of carbonyl (C=O) groups is 1. The summed E-state index contributed by atoms with van der Waals surface area (Å²) in [6.45, 7) is 3.92. The fourth-order valence-corrected chi connectivity index (χ4v) is 4.08. The van der Waals surface area contributed by atoms with Crippen molar-refractivity contribution >= 4 is 11.9 Å². The molecular formula is C21H25F6N5O. The molecule has 1 aliphatic rings. The summed E-state index contributed by atoms with van der Waals surface area (Å²) < 4.78 is 81.4. The Morgan fingerprint density at radius 1 is 1.03 bits per heavy atom. The molecule has 0 aliphatic carbocycles. The average Bonchev–Trinajstić information content (AvgIpc) is 3.17. The summed E-state index contributed by atoms with van der Waals surface area (Å²) in [4.78, 5) is 18.7. The van der Waals surface area contributed by atoms with Crippen molar-refractivity contribution in [3.63, 3.8) is 0 Å². The molecule has 2 aromatic rings. The van der Waals surface area contributed by atoms with E-state index in [9.17, 15) is 31.1 Å². The summed E-state index contributed by atoms with van der Waals surface area (Å²) in [5.41, 5.74) is -3.81. The van der Waals surface area contributed by atoms with Crippen molar-refractivity contribution in [3.05, 3.63) is 41.2 Å². The fraction of sp³-hybridized carbons (Fsp3) is 0.571. The van der Waals surface area contributed by atoms with E-state index in [4.69, 9.17) is 0 Å². The van der Waals surface area contributed by atoms with Crippen LogP contribution in [0, 0.1) is 0 Å². The zero-order chi connectivity index (χ0) is 24.6. The van der Waals surface area contributed by atoms with Crippen LogP contribution >= 0.6 is 0 Å². The van der Waals surface area contributed by atoms with Crippen molar-refractivity contribution in [1.29, 1.82) is 0 Å². The van der Waals surface area contributed by atoms with Gasteiger partial charge in [-0.15, -0.1) is 5.10 Å². The normalized spacial score (nSPS) is 21.8. The standard InChI is InChI=1S/C21H25F6N5O/c1-4-15-9-17(10-16(5-2)29-15)32(19-28-11-31(3)30-19)18(33)12-6-13(20(22,23)24)8-14(7-12)21(25,26)27/h6-8,11,15-17,29H,4-5,9-10H2,1-3H3. The molecule has 0 bridgehead atoms. The number of carbonyl (C=O) groups excluding carboxylic acids is 1. The average molecular weight is 477 g/mol. The lowest BCUT2D eigenvalue weighted by molar-refractivity contribution is -0.143. The molecule has 1 fully saturated rings. The van der Waals surface area contributed by atoms with Crippen LogP contribution in [-0.2, 0) is 19.4 Å². The number of aryl methyl sites for hydroxylation is 1. The van der Waals surface area contributed by atoms with Crippen molar-refractivity contribution in [2.45, 2.75) is 70.0 Å². The van der Waals surface area contributed by atoms with Crippen LogP contribution in [0.1, 0.15) is 61.0 Å². The number of benzene rings is 1. The zero-order valence-electron chi connectivity index (χ0n) is 18.3. The van der Waals surface area contributed by atoms with Gasteiger partial charge in [-0.3, -0.25) is 14.4 Å². The van der Waals surface area contributed by atoms with Gasteiger partial charge in [0.1, 0.15) is 6.33 Å². The van der Waals surface area contributed by atoms with Gasteiger partial charge in [-0.25, -0.2) is 4.98 Å². The lowest BCUT2D eigenvalue weighted by Gasteiger charge is -2.40. The lowest BCUT2D eigenvalue weighted by Crippen LogP contribution is -2.54. The first-order valence-electron chi connectivity index (χ1n) is 10.6. The topological polar surface area (TPSA) is 63.1 Å². The van der Waals surface area contributed by atoms with Gasteiger partial charge in [0, 0.05) is 30.7 Å². The highest BCUT2D eigenvalue weighted by Crippen LogP contribution is 2.37. The Hall–Kier alpha value is -2.63.